The Bertz CT molecular complexity index is 1010. The van der Waals surface area contributed by atoms with Crippen molar-refractivity contribution < 1.29 is 21.6 Å². The van der Waals surface area contributed by atoms with Gasteiger partial charge in [0.2, 0.25) is 0 Å². The highest BCUT2D eigenvalue weighted by Crippen LogP contribution is 2.29. The van der Waals surface area contributed by atoms with Crippen molar-refractivity contribution in [2.75, 3.05) is 11.1 Å². The first-order chi connectivity index (χ1) is 12.4. The van der Waals surface area contributed by atoms with Gasteiger partial charge in [0.15, 0.2) is 15.6 Å². The summed E-state index contributed by atoms with van der Waals surface area (Å²) in [6.45, 7) is 7.37. The zero-order valence-electron chi connectivity index (χ0n) is 14.7. The van der Waals surface area contributed by atoms with Crippen LogP contribution in [0.5, 0.6) is 0 Å². The molecule has 146 valence electrons. The molecule has 1 aromatic heterocycles. The van der Waals surface area contributed by atoms with Crippen LogP contribution in [-0.2, 0) is 9.84 Å². The number of nitrogens with zero attached hydrogens (tertiary/aromatic N) is 1. The minimum absolute atomic E-state index is 0.336. The Kier molecular flexibility index (Phi) is 5.81. The van der Waals surface area contributed by atoms with Crippen molar-refractivity contribution in [2.24, 2.45) is 5.84 Å². The first-order valence-electron chi connectivity index (χ1n) is 7.73. The zero-order chi connectivity index (χ0) is 20.4. The van der Waals surface area contributed by atoms with Crippen molar-refractivity contribution in [1.29, 1.82) is 0 Å². The van der Waals surface area contributed by atoms with Gasteiger partial charge in [0.05, 0.1) is 16.1 Å². The van der Waals surface area contributed by atoms with Crippen LogP contribution in [0.4, 0.5) is 18.9 Å². The number of pyridine rings is 1. The van der Waals surface area contributed by atoms with E-state index in [1.165, 1.54) is 12.3 Å². The zero-order valence-corrected chi connectivity index (χ0v) is 15.5. The number of allylic oxidation sites excluding steroid dienone is 2. The average molecular weight is 400 g/mol. The second-order valence-corrected chi connectivity index (χ2v) is 7.95. The van der Waals surface area contributed by atoms with Crippen LogP contribution in [0, 0.1) is 0 Å². The van der Waals surface area contributed by atoms with Crippen molar-refractivity contribution in [1.82, 2.24) is 10.4 Å². The minimum Gasteiger partial charge on any atom is -0.340 e. The topological polar surface area (TPSA) is 97.1 Å². The Morgan fingerprint density at radius 2 is 1.93 bits per heavy atom. The second-order valence-electron chi connectivity index (χ2n) is 5.96. The summed E-state index contributed by atoms with van der Waals surface area (Å²) in [4.78, 5) is 3.67. The van der Waals surface area contributed by atoms with E-state index in [1.807, 2.05) is 0 Å². The number of nitrogens with two attached hydrogens (primary N) is 1. The number of hydrogen-bond acceptors (Lipinski definition) is 6. The first kappa shape index (κ1) is 20.7. The summed E-state index contributed by atoms with van der Waals surface area (Å²) < 4.78 is 61.8. The van der Waals surface area contributed by atoms with Crippen molar-refractivity contribution in [2.45, 2.75) is 24.9 Å². The molecule has 0 amide bonds. The number of anilines is 1. The number of nitrogens with one attached hydrogen (secondary N) is 2. The van der Waals surface area contributed by atoms with E-state index in [4.69, 9.17) is 5.84 Å². The van der Waals surface area contributed by atoms with Crippen LogP contribution in [0.1, 0.15) is 13.8 Å². The number of sulfone groups is 1. The smallest absolute Gasteiger partial charge is 0.340 e. The third-order valence-electron chi connectivity index (χ3n) is 3.84. The quantitative estimate of drug-likeness (QED) is 0.391. The molecule has 0 saturated heterocycles. The molecule has 2 rings (SSSR count). The van der Waals surface area contributed by atoms with Crippen LogP contribution in [0.2, 0.25) is 0 Å². The molecule has 2 aromatic rings. The number of halogens is 3. The molecule has 0 unspecified atom stereocenters. The van der Waals surface area contributed by atoms with Gasteiger partial charge in [-0.25, -0.2) is 14.3 Å². The summed E-state index contributed by atoms with van der Waals surface area (Å²) in [5, 5.41) is 3.34. The lowest BCUT2D eigenvalue weighted by Gasteiger charge is -2.16. The normalized spacial score (nSPS) is 13.3. The summed E-state index contributed by atoms with van der Waals surface area (Å²) in [6.07, 6.45) is -3.35. The molecule has 0 bridgehead atoms. The van der Waals surface area contributed by atoms with E-state index in [9.17, 15) is 21.6 Å². The van der Waals surface area contributed by atoms with Crippen LogP contribution in [-0.4, -0.2) is 25.3 Å². The van der Waals surface area contributed by atoms with Gasteiger partial charge in [-0.2, -0.15) is 13.2 Å². The lowest BCUT2D eigenvalue weighted by molar-refractivity contribution is -0.106. The van der Waals surface area contributed by atoms with Gasteiger partial charge in [-0.05, 0) is 43.7 Å². The van der Waals surface area contributed by atoms with Crippen molar-refractivity contribution in [3.8, 4) is 0 Å². The molecule has 27 heavy (non-hydrogen) atoms. The van der Waals surface area contributed by atoms with E-state index >= 15 is 0 Å². The van der Waals surface area contributed by atoms with Crippen molar-refractivity contribution in [3.05, 3.63) is 54.0 Å². The number of alkyl halides is 3. The van der Waals surface area contributed by atoms with Crippen LogP contribution >= 0.6 is 0 Å². The van der Waals surface area contributed by atoms with Crippen LogP contribution in [0.25, 0.3) is 10.9 Å². The molecule has 6 nitrogen and oxygen atoms in total. The van der Waals surface area contributed by atoms with E-state index in [0.29, 0.717) is 22.4 Å². The highest BCUT2D eigenvalue weighted by atomic mass is 32.2. The fraction of sp³-hybridized carbons (Fsp3) is 0.235. The maximum absolute atomic E-state index is 12.6. The largest absolute Gasteiger partial charge is 0.403 e. The number of hydrogen-bond donors (Lipinski definition) is 3. The third-order valence-corrected chi connectivity index (χ3v) is 5.52. The lowest BCUT2D eigenvalue weighted by atomic mass is 10.1. The first-order valence-corrected chi connectivity index (χ1v) is 9.38. The molecule has 0 radical (unpaired) electrons. The molecular weight excluding hydrogens is 381 g/mol. The summed E-state index contributed by atoms with van der Waals surface area (Å²) in [5.74, 6) is 4.01. The molecule has 0 saturated carbocycles. The molecule has 0 aliphatic rings. The number of hydrazine groups is 1. The Balaban J connectivity index is 2.57. The number of fused-ring (bicyclic) bond motifs is 1. The standard InChI is InChI=1S/C17H19F3N4O2S/c1-10(2)11(3)16(24-21)23-15-6-7-22-14-5-4-12(8-13(14)15)27(25,26)9-17(18,19)20/h4-8,24H,1,9,21H2,2-3H3,(H,22,23)/b16-11-. The Morgan fingerprint density at radius 1 is 1.26 bits per heavy atom. The molecule has 0 fully saturated rings. The fourth-order valence-corrected chi connectivity index (χ4v) is 3.48. The maximum atomic E-state index is 12.6. The molecule has 10 heteroatoms. The summed E-state index contributed by atoms with van der Waals surface area (Å²) >= 11 is 0. The predicted octanol–water partition coefficient (Wildman–Crippen LogP) is 3.25. The van der Waals surface area contributed by atoms with Gasteiger partial charge >= 0.3 is 6.18 Å². The Labute approximate surface area is 154 Å². The number of benzene rings is 1. The Hall–Kier alpha value is -2.59. The number of aromatic nitrogens is 1. The summed E-state index contributed by atoms with van der Waals surface area (Å²) in [6, 6.07) is 5.19. The minimum atomic E-state index is -4.83. The fourth-order valence-electron chi connectivity index (χ4n) is 2.31. The van der Waals surface area contributed by atoms with Gasteiger partial charge in [-0.1, -0.05) is 12.2 Å². The van der Waals surface area contributed by atoms with Gasteiger partial charge in [-0.15, -0.1) is 0 Å². The van der Waals surface area contributed by atoms with Crippen LogP contribution in [0.3, 0.4) is 0 Å². The van der Waals surface area contributed by atoms with E-state index in [1.54, 1.807) is 19.9 Å². The second kappa shape index (κ2) is 7.57. The van der Waals surface area contributed by atoms with Crippen molar-refractivity contribution in [3.63, 3.8) is 0 Å². The van der Waals surface area contributed by atoms with E-state index < -0.39 is 26.7 Å². The van der Waals surface area contributed by atoms with Gasteiger partial charge < -0.3 is 10.7 Å². The van der Waals surface area contributed by atoms with Gasteiger partial charge in [0.25, 0.3) is 0 Å². The molecular formula is C17H19F3N4O2S. The van der Waals surface area contributed by atoms with Gasteiger partial charge in [0, 0.05) is 11.6 Å². The SMILES string of the molecule is C=C(C)/C(C)=C(\NN)Nc1ccnc2ccc(S(=O)(=O)CC(F)(F)F)cc12. The van der Waals surface area contributed by atoms with Crippen LogP contribution in [0.15, 0.2) is 58.9 Å². The Morgan fingerprint density at radius 3 is 2.48 bits per heavy atom. The molecule has 0 spiro atoms. The third kappa shape index (κ3) is 4.98. The summed E-state index contributed by atoms with van der Waals surface area (Å²) in [7, 11) is -4.54. The maximum Gasteiger partial charge on any atom is 0.403 e. The highest BCUT2D eigenvalue weighted by molar-refractivity contribution is 7.91. The van der Waals surface area contributed by atoms with Crippen LogP contribution < -0.4 is 16.6 Å². The monoisotopic (exact) mass is 400 g/mol. The summed E-state index contributed by atoms with van der Waals surface area (Å²) in [5.41, 5.74) is 4.80. The molecule has 1 heterocycles. The molecule has 1 aromatic carbocycles. The molecule has 4 N–H and O–H groups in total. The van der Waals surface area contributed by atoms with Crippen molar-refractivity contribution >= 4 is 26.4 Å². The predicted molar refractivity (Wildman–Crippen MR) is 98.3 cm³/mol. The molecule has 0 aliphatic heterocycles. The van der Waals surface area contributed by atoms with E-state index in [-0.39, 0.29) is 0 Å². The number of rotatable bonds is 6. The van der Waals surface area contributed by atoms with Gasteiger partial charge in [-0.3, -0.25) is 4.98 Å². The molecule has 0 aliphatic carbocycles. The van der Waals surface area contributed by atoms with Gasteiger partial charge in [0.1, 0.15) is 5.82 Å². The molecule has 0 atom stereocenters. The van der Waals surface area contributed by atoms with E-state index in [0.717, 1.165) is 23.3 Å². The average Bonchev–Trinajstić information content (AvgIpc) is 2.56. The lowest BCUT2D eigenvalue weighted by Crippen LogP contribution is -2.27. The van der Waals surface area contributed by atoms with E-state index in [2.05, 4.69) is 22.3 Å². The highest BCUT2D eigenvalue weighted by Gasteiger charge is 2.36.